The molecule has 1 saturated carbocycles. The van der Waals surface area contributed by atoms with E-state index in [2.05, 4.69) is 17.2 Å². The van der Waals surface area contributed by atoms with Crippen LogP contribution in [0.5, 0.6) is 0 Å². The molecule has 0 atom stereocenters. The highest BCUT2D eigenvalue weighted by Gasteiger charge is 2.19. The van der Waals surface area contributed by atoms with E-state index in [-0.39, 0.29) is 5.91 Å². The Kier molecular flexibility index (Phi) is 5.05. The van der Waals surface area contributed by atoms with E-state index in [0.717, 1.165) is 24.0 Å². The van der Waals surface area contributed by atoms with E-state index < -0.39 is 0 Å². The van der Waals surface area contributed by atoms with E-state index in [1.165, 1.54) is 30.2 Å². The van der Waals surface area contributed by atoms with Crippen molar-refractivity contribution in [1.82, 2.24) is 5.32 Å². The third-order valence-corrected chi connectivity index (χ3v) is 3.99. The number of anilines is 1. The zero-order chi connectivity index (χ0) is 13.7. The van der Waals surface area contributed by atoms with Crippen LogP contribution in [-0.2, 0) is 4.79 Å². The molecule has 2 rings (SSSR count). The highest BCUT2D eigenvalue weighted by atomic mass is 32.2. The molecule has 19 heavy (non-hydrogen) atoms. The summed E-state index contributed by atoms with van der Waals surface area (Å²) in [6.45, 7) is 6.52. The van der Waals surface area contributed by atoms with Crippen molar-refractivity contribution in [3.63, 3.8) is 0 Å². The molecule has 1 aliphatic rings. The van der Waals surface area contributed by atoms with Gasteiger partial charge in [-0.05, 0) is 37.1 Å². The Morgan fingerprint density at radius 3 is 2.63 bits per heavy atom. The van der Waals surface area contributed by atoms with Gasteiger partial charge in [0.2, 0.25) is 5.91 Å². The molecule has 1 amide bonds. The quantitative estimate of drug-likeness (QED) is 0.594. The van der Waals surface area contributed by atoms with Crippen molar-refractivity contribution in [3.8, 4) is 0 Å². The van der Waals surface area contributed by atoms with Crippen molar-refractivity contribution in [3.05, 3.63) is 36.4 Å². The van der Waals surface area contributed by atoms with Gasteiger partial charge in [0.25, 0.3) is 0 Å². The van der Waals surface area contributed by atoms with Crippen LogP contribution in [-0.4, -0.2) is 24.2 Å². The van der Waals surface area contributed by atoms with Gasteiger partial charge < -0.3 is 10.6 Å². The Labute approximate surface area is 118 Å². The van der Waals surface area contributed by atoms with Crippen LogP contribution in [0.4, 0.5) is 5.69 Å². The summed E-state index contributed by atoms with van der Waals surface area (Å²) in [5, 5.41) is 6.22. The predicted molar refractivity (Wildman–Crippen MR) is 81.6 cm³/mol. The molecule has 1 aliphatic carbocycles. The monoisotopic (exact) mass is 276 g/mol. The van der Waals surface area contributed by atoms with E-state index in [1.807, 2.05) is 24.3 Å². The molecule has 1 aromatic carbocycles. The van der Waals surface area contributed by atoms with E-state index in [9.17, 15) is 4.79 Å². The molecule has 0 bridgehead atoms. The Morgan fingerprint density at radius 2 is 2.05 bits per heavy atom. The number of hydrogen-bond acceptors (Lipinski definition) is 3. The molecular weight excluding hydrogens is 256 g/mol. The second kappa shape index (κ2) is 6.78. The molecule has 0 aromatic heterocycles. The largest absolute Gasteiger partial charge is 0.326 e. The molecule has 1 fully saturated rings. The minimum absolute atomic E-state index is 0.0417. The third-order valence-electron chi connectivity index (χ3n) is 2.84. The fourth-order valence-corrected chi connectivity index (χ4v) is 2.45. The first kappa shape index (κ1) is 14.2. The summed E-state index contributed by atoms with van der Waals surface area (Å²) in [7, 11) is 0. The molecule has 4 heteroatoms. The zero-order valence-corrected chi connectivity index (χ0v) is 12.1. The van der Waals surface area contributed by atoms with Crippen LogP contribution in [0.15, 0.2) is 41.3 Å². The molecule has 0 spiro atoms. The first-order chi connectivity index (χ1) is 9.13. The van der Waals surface area contributed by atoms with Crippen molar-refractivity contribution in [2.45, 2.75) is 30.7 Å². The van der Waals surface area contributed by atoms with Crippen LogP contribution in [0.1, 0.15) is 19.8 Å². The smallest absolute Gasteiger partial charge is 0.221 e. The second-order valence-electron chi connectivity index (χ2n) is 4.90. The number of hydrogen-bond donors (Lipinski definition) is 2. The van der Waals surface area contributed by atoms with Crippen LogP contribution < -0.4 is 10.6 Å². The van der Waals surface area contributed by atoms with Gasteiger partial charge >= 0.3 is 0 Å². The van der Waals surface area contributed by atoms with Crippen molar-refractivity contribution < 1.29 is 4.79 Å². The molecule has 0 radical (unpaired) electrons. The number of rotatable bonds is 7. The lowest BCUT2D eigenvalue weighted by molar-refractivity contribution is -0.114. The normalized spacial score (nSPS) is 14.2. The Hall–Kier alpha value is -1.26. The molecule has 0 unspecified atom stereocenters. The minimum atomic E-state index is -0.0417. The Morgan fingerprint density at radius 1 is 1.37 bits per heavy atom. The number of carbonyl (C=O) groups excluding carboxylic acids is 1. The lowest BCUT2D eigenvalue weighted by Gasteiger charge is -2.07. The molecule has 0 saturated heterocycles. The maximum Gasteiger partial charge on any atom is 0.221 e. The third kappa shape index (κ3) is 5.49. The lowest BCUT2D eigenvalue weighted by atomic mass is 10.3. The molecular formula is C15H20N2OS. The fourth-order valence-electron chi connectivity index (χ4n) is 1.65. The average Bonchev–Trinajstić information content (AvgIpc) is 3.19. The summed E-state index contributed by atoms with van der Waals surface area (Å²) < 4.78 is 0. The van der Waals surface area contributed by atoms with Crippen LogP contribution in [0.25, 0.3) is 0 Å². The Bertz CT molecular complexity index is 452. The van der Waals surface area contributed by atoms with Gasteiger partial charge in [-0.3, -0.25) is 4.79 Å². The highest BCUT2D eigenvalue weighted by Crippen LogP contribution is 2.23. The summed E-state index contributed by atoms with van der Waals surface area (Å²) in [4.78, 5) is 12.1. The summed E-state index contributed by atoms with van der Waals surface area (Å²) in [5.74, 6) is 0.888. The summed E-state index contributed by atoms with van der Waals surface area (Å²) >= 11 is 1.78. The van der Waals surface area contributed by atoms with E-state index in [1.54, 1.807) is 11.8 Å². The fraction of sp³-hybridized carbons (Fsp3) is 0.400. The van der Waals surface area contributed by atoms with Gasteiger partial charge in [0, 0.05) is 35.8 Å². The topological polar surface area (TPSA) is 41.1 Å². The van der Waals surface area contributed by atoms with Gasteiger partial charge in [-0.15, -0.1) is 11.8 Å². The van der Waals surface area contributed by atoms with Gasteiger partial charge in [0.05, 0.1) is 0 Å². The maximum atomic E-state index is 10.9. The average molecular weight is 276 g/mol. The standard InChI is InChI=1S/C15H20N2OS/c1-11(9-16-13-3-4-13)10-19-15-7-5-14(6-8-15)17-12(2)18/h5-8,13,16H,1,3-4,9-10H2,2H3,(H,17,18). The predicted octanol–water partition coefficient (Wildman–Crippen LogP) is 3.05. The summed E-state index contributed by atoms with van der Waals surface area (Å²) in [6.07, 6.45) is 2.62. The number of thioether (sulfide) groups is 1. The summed E-state index contributed by atoms with van der Waals surface area (Å²) in [5.41, 5.74) is 2.06. The van der Waals surface area contributed by atoms with Crippen molar-refractivity contribution >= 4 is 23.4 Å². The van der Waals surface area contributed by atoms with Crippen molar-refractivity contribution in [2.75, 3.05) is 17.6 Å². The van der Waals surface area contributed by atoms with Gasteiger partial charge in [-0.1, -0.05) is 12.2 Å². The first-order valence-corrected chi connectivity index (χ1v) is 7.52. The first-order valence-electron chi connectivity index (χ1n) is 6.54. The molecule has 2 N–H and O–H groups in total. The van der Waals surface area contributed by atoms with Gasteiger partial charge in [0.1, 0.15) is 0 Å². The van der Waals surface area contributed by atoms with Crippen LogP contribution in [0, 0.1) is 0 Å². The molecule has 102 valence electrons. The van der Waals surface area contributed by atoms with Gasteiger partial charge in [-0.2, -0.15) is 0 Å². The minimum Gasteiger partial charge on any atom is -0.326 e. The molecule has 0 aliphatic heterocycles. The zero-order valence-electron chi connectivity index (χ0n) is 11.2. The number of amides is 1. The number of carbonyl (C=O) groups is 1. The van der Waals surface area contributed by atoms with Gasteiger partial charge in [-0.25, -0.2) is 0 Å². The number of nitrogens with one attached hydrogen (secondary N) is 2. The Balaban J connectivity index is 1.72. The lowest BCUT2D eigenvalue weighted by Crippen LogP contribution is -2.19. The van der Waals surface area contributed by atoms with Crippen molar-refractivity contribution in [2.24, 2.45) is 0 Å². The van der Waals surface area contributed by atoms with Gasteiger partial charge in [0.15, 0.2) is 0 Å². The number of benzene rings is 1. The second-order valence-corrected chi connectivity index (χ2v) is 5.95. The van der Waals surface area contributed by atoms with Crippen LogP contribution in [0.2, 0.25) is 0 Å². The molecule has 3 nitrogen and oxygen atoms in total. The van der Waals surface area contributed by atoms with E-state index in [0.29, 0.717) is 0 Å². The summed E-state index contributed by atoms with van der Waals surface area (Å²) in [6, 6.07) is 8.64. The van der Waals surface area contributed by atoms with E-state index in [4.69, 9.17) is 0 Å². The van der Waals surface area contributed by atoms with Crippen molar-refractivity contribution in [1.29, 1.82) is 0 Å². The maximum absolute atomic E-state index is 10.9. The highest BCUT2D eigenvalue weighted by molar-refractivity contribution is 7.99. The molecule has 1 aromatic rings. The van der Waals surface area contributed by atoms with Crippen LogP contribution >= 0.6 is 11.8 Å². The van der Waals surface area contributed by atoms with E-state index >= 15 is 0 Å². The van der Waals surface area contributed by atoms with Crippen LogP contribution in [0.3, 0.4) is 0 Å². The SMILES string of the molecule is C=C(CNC1CC1)CSc1ccc(NC(C)=O)cc1. The molecule has 0 heterocycles.